The second kappa shape index (κ2) is 6.76. The molecule has 8 heteroatoms. The van der Waals surface area contributed by atoms with E-state index in [1.54, 1.807) is 25.1 Å². The molecule has 1 fully saturated rings. The van der Waals surface area contributed by atoms with Gasteiger partial charge in [0.15, 0.2) is 5.78 Å². The number of halogens is 1. The number of hydrogen-bond acceptors (Lipinski definition) is 5. The number of carbonyl (C=O) groups is 3. The maximum absolute atomic E-state index is 13.1. The van der Waals surface area contributed by atoms with Gasteiger partial charge >= 0.3 is 0 Å². The maximum atomic E-state index is 13.1. The van der Waals surface area contributed by atoms with Gasteiger partial charge in [0.1, 0.15) is 17.5 Å². The number of amides is 1. The van der Waals surface area contributed by atoms with Crippen LogP contribution in [0.2, 0.25) is 0 Å². The Hall–Kier alpha value is -2.54. The summed E-state index contributed by atoms with van der Waals surface area (Å²) in [5.74, 6) is -0.695. The first-order valence-corrected chi connectivity index (χ1v) is 8.38. The van der Waals surface area contributed by atoms with E-state index in [1.807, 2.05) is 0 Å². The maximum Gasteiger partial charge on any atom is 0.264 e. The Morgan fingerprint density at radius 1 is 1.36 bits per heavy atom. The number of aryl methyl sites for hydroxylation is 1. The number of ketones is 2. The Kier molecular flexibility index (Phi) is 4.67. The van der Waals surface area contributed by atoms with Gasteiger partial charge in [0, 0.05) is 6.42 Å². The van der Waals surface area contributed by atoms with Crippen LogP contribution in [-0.4, -0.2) is 32.9 Å². The van der Waals surface area contributed by atoms with Crippen LogP contribution in [0.4, 0.5) is 5.69 Å². The van der Waals surface area contributed by atoms with Gasteiger partial charge in [-0.2, -0.15) is 0 Å². The predicted molar refractivity (Wildman–Crippen MR) is 93.0 cm³/mol. The minimum Gasteiger partial charge on any atom is -0.324 e. The Bertz CT molecular complexity index is 951. The van der Waals surface area contributed by atoms with Gasteiger partial charge in [-0.05, 0) is 25.5 Å². The molecule has 25 heavy (non-hydrogen) atoms. The Balaban J connectivity index is 2.19. The Morgan fingerprint density at radius 3 is 2.80 bits per heavy atom. The van der Waals surface area contributed by atoms with Crippen molar-refractivity contribution >= 4 is 45.7 Å². The third kappa shape index (κ3) is 3.19. The monoisotopic (exact) mass is 361 g/mol. The molecule has 0 bridgehead atoms. The van der Waals surface area contributed by atoms with Crippen molar-refractivity contribution in [2.45, 2.75) is 32.2 Å². The molecular weight excluding hydrogens is 346 g/mol. The van der Waals surface area contributed by atoms with E-state index in [2.05, 4.69) is 10.3 Å². The Morgan fingerprint density at radius 2 is 2.12 bits per heavy atom. The molecule has 1 unspecified atom stereocenters. The topological polar surface area (TPSA) is 98.1 Å². The number of nitrogens with one attached hydrogen (secondary N) is 1. The predicted octanol–water partition coefficient (Wildman–Crippen LogP) is 1.75. The molecule has 2 aromatic rings. The highest BCUT2D eigenvalue weighted by Crippen LogP contribution is 2.25. The molecule has 1 aromatic heterocycles. The molecule has 1 aromatic carbocycles. The summed E-state index contributed by atoms with van der Waals surface area (Å²) in [6.07, 6.45) is 0.367. The van der Waals surface area contributed by atoms with Gasteiger partial charge in [0.05, 0.1) is 29.1 Å². The van der Waals surface area contributed by atoms with Crippen molar-refractivity contribution in [3.05, 3.63) is 34.4 Å². The molecule has 130 valence electrons. The van der Waals surface area contributed by atoms with Crippen LogP contribution in [-0.2, 0) is 14.4 Å². The number of aromatic nitrogens is 2. The molecule has 1 aliphatic carbocycles. The quantitative estimate of drug-likeness (QED) is 0.663. The van der Waals surface area contributed by atoms with Crippen LogP contribution in [0.3, 0.4) is 0 Å². The molecule has 0 radical (unpaired) electrons. The van der Waals surface area contributed by atoms with Gasteiger partial charge in [-0.1, -0.05) is 6.07 Å². The van der Waals surface area contributed by atoms with Crippen LogP contribution < -0.4 is 10.9 Å². The molecule has 1 saturated carbocycles. The summed E-state index contributed by atoms with van der Waals surface area (Å²) < 4.78 is 1.33. The van der Waals surface area contributed by atoms with Crippen LogP contribution in [0.1, 0.15) is 31.1 Å². The van der Waals surface area contributed by atoms with Gasteiger partial charge in [-0.3, -0.25) is 23.7 Å². The average Bonchev–Trinajstić information content (AvgIpc) is 2.56. The fourth-order valence-electron chi connectivity index (χ4n) is 3.14. The first-order valence-electron chi connectivity index (χ1n) is 7.84. The number of hydrogen-bond donors (Lipinski definition) is 1. The van der Waals surface area contributed by atoms with E-state index < -0.39 is 17.5 Å². The fourth-order valence-corrected chi connectivity index (χ4v) is 3.21. The van der Waals surface area contributed by atoms with Gasteiger partial charge in [0.2, 0.25) is 5.91 Å². The second-order valence-corrected chi connectivity index (χ2v) is 6.22. The minimum atomic E-state index is -0.709. The van der Waals surface area contributed by atoms with Crippen molar-refractivity contribution < 1.29 is 14.4 Å². The number of fused-ring (bicyclic) bond motifs is 1. The zero-order chi connectivity index (χ0) is 18.1. The van der Waals surface area contributed by atoms with E-state index in [4.69, 9.17) is 11.6 Å². The summed E-state index contributed by atoms with van der Waals surface area (Å²) in [4.78, 5) is 52.8. The van der Waals surface area contributed by atoms with Crippen LogP contribution >= 0.6 is 11.6 Å². The number of carbonyl (C=O) groups excluding carboxylic acids is 3. The summed E-state index contributed by atoms with van der Waals surface area (Å²) in [7, 11) is 0. The standard InChI is InChI=1S/C17H16ClN3O4/c1-9-19-11-3-2-4-12(20-15(24)8-18)16(11)17(25)21(9)13-6-5-10(22)7-14(13)23/h2-4,13H,5-8H2,1H3,(H,20,24). The molecule has 0 aliphatic heterocycles. The molecule has 1 N–H and O–H groups in total. The van der Waals surface area contributed by atoms with Crippen LogP contribution in [0.5, 0.6) is 0 Å². The first-order chi connectivity index (χ1) is 11.9. The number of rotatable bonds is 3. The first kappa shape index (κ1) is 17.3. The lowest BCUT2D eigenvalue weighted by Crippen LogP contribution is -2.36. The number of nitrogens with zero attached hydrogens (tertiary/aromatic N) is 2. The molecule has 1 aliphatic rings. The average molecular weight is 362 g/mol. The summed E-state index contributed by atoms with van der Waals surface area (Å²) in [6.45, 7) is 1.65. The summed E-state index contributed by atoms with van der Waals surface area (Å²) in [5, 5.41) is 2.80. The van der Waals surface area contributed by atoms with E-state index in [-0.39, 0.29) is 42.1 Å². The highest BCUT2D eigenvalue weighted by Gasteiger charge is 2.31. The van der Waals surface area contributed by atoms with E-state index >= 15 is 0 Å². The van der Waals surface area contributed by atoms with E-state index in [0.29, 0.717) is 17.0 Å². The second-order valence-electron chi connectivity index (χ2n) is 5.95. The molecule has 1 atom stereocenters. The van der Waals surface area contributed by atoms with Gasteiger partial charge in [-0.15, -0.1) is 11.6 Å². The summed E-state index contributed by atoms with van der Waals surface area (Å²) in [6, 6.07) is 4.21. The largest absolute Gasteiger partial charge is 0.324 e. The molecule has 3 rings (SSSR count). The zero-order valence-electron chi connectivity index (χ0n) is 13.5. The van der Waals surface area contributed by atoms with Gasteiger partial charge in [-0.25, -0.2) is 4.98 Å². The normalized spacial score (nSPS) is 17.8. The van der Waals surface area contributed by atoms with Crippen molar-refractivity contribution in [1.29, 1.82) is 0 Å². The smallest absolute Gasteiger partial charge is 0.264 e. The minimum absolute atomic E-state index is 0.115. The number of alkyl halides is 1. The van der Waals surface area contributed by atoms with E-state index in [1.165, 1.54) is 4.57 Å². The third-order valence-corrected chi connectivity index (χ3v) is 4.50. The van der Waals surface area contributed by atoms with Crippen LogP contribution in [0, 0.1) is 6.92 Å². The highest BCUT2D eigenvalue weighted by molar-refractivity contribution is 6.29. The molecule has 0 saturated heterocycles. The van der Waals surface area contributed by atoms with Crippen molar-refractivity contribution in [2.24, 2.45) is 0 Å². The zero-order valence-corrected chi connectivity index (χ0v) is 14.3. The SMILES string of the molecule is Cc1nc2cccc(NC(=O)CCl)c2c(=O)n1C1CCC(=O)CC1=O. The molecule has 1 heterocycles. The number of benzene rings is 1. The van der Waals surface area contributed by atoms with Crippen molar-refractivity contribution in [3.8, 4) is 0 Å². The van der Waals surface area contributed by atoms with Crippen molar-refractivity contribution in [2.75, 3.05) is 11.2 Å². The Labute approximate surface area is 148 Å². The number of anilines is 1. The molecule has 1 amide bonds. The lowest BCUT2D eigenvalue weighted by molar-refractivity contribution is -0.132. The van der Waals surface area contributed by atoms with Crippen molar-refractivity contribution in [3.63, 3.8) is 0 Å². The lowest BCUT2D eigenvalue weighted by Gasteiger charge is -2.24. The summed E-state index contributed by atoms with van der Waals surface area (Å²) >= 11 is 5.52. The van der Waals surface area contributed by atoms with E-state index in [9.17, 15) is 19.2 Å². The van der Waals surface area contributed by atoms with Crippen LogP contribution in [0.15, 0.2) is 23.0 Å². The van der Waals surface area contributed by atoms with Gasteiger partial charge < -0.3 is 5.32 Å². The fraction of sp³-hybridized carbons (Fsp3) is 0.353. The molecular formula is C17H16ClN3O4. The third-order valence-electron chi connectivity index (χ3n) is 4.25. The lowest BCUT2D eigenvalue weighted by atomic mass is 9.92. The van der Waals surface area contributed by atoms with E-state index in [0.717, 1.165) is 0 Å². The molecule has 0 spiro atoms. The van der Waals surface area contributed by atoms with Crippen molar-refractivity contribution in [1.82, 2.24) is 9.55 Å². The molecule has 7 nitrogen and oxygen atoms in total. The van der Waals surface area contributed by atoms with Crippen LogP contribution in [0.25, 0.3) is 10.9 Å². The van der Waals surface area contributed by atoms with Gasteiger partial charge in [0.25, 0.3) is 5.56 Å². The summed E-state index contributed by atoms with van der Waals surface area (Å²) in [5.41, 5.74) is 0.305. The number of Topliss-reactive ketones (excluding diaryl/α,β-unsaturated/α-hetero) is 2. The highest BCUT2D eigenvalue weighted by atomic mass is 35.5.